The van der Waals surface area contributed by atoms with Crippen molar-refractivity contribution in [2.24, 2.45) is 0 Å². The molecule has 0 heterocycles. The van der Waals surface area contributed by atoms with Crippen LogP contribution in [0.3, 0.4) is 0 Å². The zero-order valence-corrected chi connectivity index (χ0v) is 8.72. The minimum Gasteiger partial charge on any atom is -0.478 e. The molecule has 7 nitrogen and oxygen atoms in total. The molecule has 0 aliphatic carbocycles. The van der Waals surface area contributed by atoms with Crippen LogP contribution in [0.25, 0.3) is 0 Å². The molecular formula is C8H7NO6S. The number of nitro benzene ring substituents is 1. The van der Waals surface area contributed by atoms with E-state index >= 15 is 0 Å². The molecule has 0 fully saturated rings. The first kappa shape index (κ1) is 12.1. The summed E-state index contributed by atoms with van der Waals surface area (Å²) in [6.45, 7) is 0. The van der Waals surface area contributed by atoms with Crippen molar-refractivity contribution in [3.05, 3.63) is 39.4 Å². The summed E-state index contributed by atoms with van der Waals surface area (Å²) in [5.41, 5.74) is -0.657. The van der Waals surface area contributed by atoms with Gasteiger partial charge in [0.1, 0.15) is 10.7 Å². The van der Waals surface area contributed by atoms with Gasteiger partial charge in [-0.1, -0.05) is 0 Å². The van der Waals surface area contributed by atoms with Gasteiger partial charge in [0.05, 0.1) is 16.2 Å². The van der Waals surface area contributed by atoms with Crippen LogP contribution in [0.2, 0.25) is 0 Å². The largest absolute Gasteiger partial charge is 0.478 e. The number of nitrogens with zero attached hydrogens (tertiary/aromatic N) is 1. The van der Waals surface area contributed by atoms with Gasteiger partial charge in [0.25, 0.3) is 5.69 Å². The Bertz CT molecular complexity index is 481. The number of non-ortho nitro benzene ring substituents is 1. The van der Waals surface area contributed by atoms with E-state index in [1.54, 1.807) is 0 Å². The second kappa shape index (κ2) is 4.71. The second-order valence-corrected chi connectivity index (χ2v) is 3.92. The fourth-order valence-electron chi connectivity index (χ4n) is 1.14. The van der Waals surface area contributed by atoms with Crippen LogP contribution in [0.4, 0.5) is 5.69 Å². The second-order valence-electron chi connectivity index (χ2n) is 2.94. The molecule has 86 valence electrons. The lowest BCUT2D eigenvalue weighted by molar-refractivity contribution is -0.384. The lowest BCUT2D eigenvalue weighted by atomic mass is 10.1. The van der Waals surface area contributed by atoms with E-state index in [4.69, 9.17) is 5.11 Å². The van der Waals surface area contributed by atoms with Gasteiger partial charge in [0.15, 0.2) is 0 Å². The molecule has 0 radical (unpaired) electrons. The maximum Gasteiger partial charge on any atom is 0.335 e. The van der Waals surface area contributed by atoms with Crippen LogP contribution in [0, 0.1) is 10.1 Å². The maximum atomic E-state index is 10.6. The maximum absolute atomic E-state index is 10.6. The smallest absolute Gasteiger partial charge is 0.335 e. The Morgan fingerprint density at radius 3 is 2.44 bits per heavy atom. The van der Waals surface area contributed by atoms with E-state index in [2.05, 4.69) is 0 Å². The van der Waals surface area contributed by atoms with Gasteiger partial charge in [-0.15, -0.1) is 0 Å². The average Bonchev–Trinajstić information content (AvgIpc) is 2.15. The Balaban J connectivity index is 3.28. The number of hydrogen-bond acceptors (Lipinski definition) is 5. The van der Waals surface area contributed by atoms with Crippen molar-refractivity contribution < 1.29 is 23.2 Å². The van der Waals surface area contributed by atoms with Gasteiger partial charge in [0.2, 0.25) is 0 Å². The molecule has 0 aromatic heterocycles. The third kappa shape index (κ3) is 3.02. The molecular weight excluding hydrogens is 238 g/mol. The molecule has 1 rings (SSSR count). The molecule has 0 aliphatic heterocycles. The van der Waals surface area contributed by atoms with Crippen LogP contribution >= 0.6 is 0 Å². The lowest BCUT2D eigenvalue weighted by Crippen LogP contribution is -2.01. The highest BCUT2D eigenvalue weighted by atomic mass is 32.2. The molecule has 1 N–H and O–H groups in total. The Morgan fingerprint density at radius 1 is 1.38 bits per heavy atom. The average molecular weight is 245 g/mol. The monoisotopic (exact) mass is 245 g/mol. The zero-order valence-electron chi connectivity index (χ0n) is 7.82. The summed E-state index contributed by atoms with van der Waals surface area (Å²) < 4.78 is 20.9. The molecule has 1 aromatic carbocycles. The zero-order chi connectivity index (χ0) is 12.3. The van der Waals surface area contributed by atoms with Gasteiger partial charge in [-0.2, -0.15) is 0 Å². The highest BCUT2D eigenvalue weighted by Crippen LogP contribution is 2.17. The highest BCUT2D eigenvalue weighted by molar-refractivity contribution is 7.71. The topological polar surface area (TPSA) is 115 Å². The van der Waals surface area contributed by atoms with Crippen LogP contribution < -0.4 is 0 Å². The number of carbonyl (C=O) groups is 1. The van der Waals surface area contributed by atoms with Gasteiger partial charge >= 0.3 is 5.97 Å². The number of benzene rings is 1. The van der Waals surface area contributed by atoms with Gasteiger partial charge in [-0.25, -0.2) is 13.2 Å². The molecule has 0 bridgehead atoms. The number of carboxylic acid groups (broad SMARTS) is 1. The number of aromatic carboxylic acids is 1. The standard InChI is InChI=1S/C8H7NO6S/c10-8(11)6-1-5(4-16(14)15)2-7(3-6)9(12)13/h1-3,16H,4H2,(H,10,11). The van der Waals surface area contributed by atoms with E-state index in [0.29, 0.717) is 0 Å². The SMILES string of the molecule is O=C(O)c1cc(C[SH](=O)=O)cc([N+](=O)[O-])c1. The Labute approximate surface area is 91.4 Å². The van der Waals surface area contributed by atoms with Crippen LogP contribution in [-0.4, -0.2) is 24.4 Å². The third-order valence-electron chi connectivity index (χ3n) is 1.75. The summed E-state index contributed by atoms with van der Waals surface area (Å²) in [6, 6.07) is 3.02. The summed E-state index contributed by atoms with van der Waals surface area (Å²) in [5, 5.41) is 19.2. The Hall–Kier alpha value is -1.96. The van der Waals surface area contributed by atoms with Crippen LogP contribution in [0.1, 0.15) is 15.9 Å². The summed E-state index contributed by atoms with van der Waals surface area (Å²) in [5.74, 6) is -1.76. The summed E-state index contributed by atoms with van der Waals surface area (Å²) in [7, 11) is -2.76. The first-order chi connectivity index (χ1) is 7.40. The molecule has 8 heteroatoms. The third-order valence-corrected chi connectivity index (χ3v) is 2.37. The van der Waals surface area contributed by atoms with Crippen molar-refractivity contribution in [1.29, 1.82) is 0 Å². The van der Waals surface area contributed by atoms with E-state index in [9.17, 15) is 23.3 Å². The number of rotatable bonds is 4. The summed E-state index contributed by atoms with van der Waals surface area (Å²) in [6.07, 6.45) is 0. The molecule has 0 aliphatic rings. The number of thiol groups is 1. The van der Waals surface area contributed by atoms with Crippen LogP contribution in [-0.2, 0) is 16.5 Å². The van der Waals surface area contributed by atoms with Crippen molar-refractivity contribution in [3.63, 3.8) is 0 Å². The molecule has 16 heavy (non-hydrogen) atoms. The number of nitro groups is 1. The Kier molecular flexibility index (Phi) is 3.56. The van der Waals surface area contributed by atoms with Crippen LogP contribution in [0.15, 0.2) is 18.2 Å². The molecule has 0 spiro atoms. The van der Waals surface area contributed by atoms with E-state index in [0.717, 1.165) is 18.2 Å². The molecule has 1 aromatic rings. The first-order valence-corrected chi connectivity index (χ1v) is 5.40. The van der Waals surface area contributed by atoms with Crippen LogP contribution in [0.5, 0.6) is 0 Å². The van der Waals surface area contributed by atoms with Gasteiger partial charge in [-0.3, -0.25) is 10.1 Å². The van der Waals surface area contributed by atoms with Crippen molar-refractivity contribution in [2.75, 3.05) is 0 Å². The van der Waals surface area contributed by atoms with E-state index < -0.39 is 33.0 Å². The first-order valence-electron chi connectivity index (χ1n) is 4.03. The predicted octanol–water partition coefficient (Wildman–Crippen LogP) is 0.404. The fourth-order valence-corrected chi connectivity index (χ4v) is 1.62. The van der Waals surface area contributed by atoms with E-state index in [-0.39, 0.29) is 11.1 Å². The van der Waals surface area contributed by atoms with Gasteiger partial charge < -0.3 is 5.11 Å². The number of carboxylic acids is 1. The normalized spacial score (nSPS) is 10.3. The summed E-state index contributed by atoms with van der Waals surface area (Å²) >= 11 is 0. The predicted molar refractivity (Wildman–Crippen MR) is 54.1 cm³/mol. The minimum atomic E-state index is -2.76. The van der Waals surface area contributed by atoms with Gasteiger partial charge in [-0.05, 0) is 11.6 Å². The molecule has 0 unspecified atom stereocenters. The van der Waals surface area contributed by atoms with Gasteiger partial charge in [0, 0.05) is 12.1 Å². The van der Waals surface area contributed by atoms with Crippen molar-refractivity contribution in [3.8, 4) is 0 Å². The minimum absolute atomic E-state index is 0.0858. The van der Waals surface area contributed by atoms with E-state index in [1.165, 1.54) is 0 Å². The molecule has 0 atom stereocenters. The molecule has 0 amide bonds. The molecule has 0 saturated heterocycles. The lowest BCUT2D eigenvalue weighted by Gasteiger charge is -1.99. The number of hydrogen-bond donors (Lipinski definition) is 2. The fraction of sp³-hybridized carbons (Fsp3) is 0.125. The summed E-state index contributed by atoms with van der Waals surface area (Å²) in [4.78, 5) is 20.3. The van der Waals surface area contributed by atoms with Crippen molar-refractivity contribution >= 4 is 22.4 Å². The quantitative estimate of drug-likeness (QED) is 0.451. The van der Waals surface area contributed by atoms with Crippen molar-refractivity contribution in [1.82, 2.24) is 0 Å². The van der Waals surface area contributed by atoms with E-state index in [1.807, 2.05) is 0 Å². The molecule has 0 saturated carbocycles. The van der Waals surface area contributed by atoms with Crippen molar-refractivity contribution in [2.45, 2.75) is 5.75 Å². The Morgan fingerprint density at radius 2 is 2.00 bits per heavy atom. The highest BCUT2D eigenvalue weighted by Gasteiger charge is 2.13.